The minimum Gasteiger partial charge on any atom is -0.489 e. The van der Waals surface area contributed by atoms with Crippen LogP contribution in [0.4, 0.5) is 16.2 Å². The molecule has 0 aliphatic carbocycles. The summed E-state index contributed by atoms with van der Waals surface area (Å²) in [7, 11) is 0. The molecule has 0 radical (unpaired) electrons. The summed E-state index contributed by atoms with van der Waals surface area (Å²) in [6.45, 7) is 7.39. The normalized spacial score (nSPS) is 18.4. The number of fused-ring (bicyclic) bond motifs is 1. The molecule has 2 aromatic carbocycles. The Labute approximate surface area is 170 Å². The third kappa shape index (κ3) is 5.40. The van der Waals surface area contributed by atoms with Gasteiger partial charge in [0.05, 0.1) is 12.0 Å². The number of amides is 1. The van der Waals surface area contributed by atoms with Crippen molar-refractivity contribution in [1.29, 1.82) is 0 Å². The molecular formula is C22H26N2O5. The van der Waals surface area contributed by atoms with Crippen molar-refractivity contribution in [2.45, 2.75) is 45.3 Å². The summed E-state index contributed by atoms with van der Waals surface area (Å²) in [4.78, 5) is 24.7. The number of rotatable bonds is 4. The minimum atomic E-state index is -0.800. The highest BCUT2D eigenvalue weighted by Crippen LogP contribution is 2.35. The quantitative estimate of drug-likeness (QED) is 0.740. The summed E-state index contributed by atoms with van der Waals surface area (Å²) in [5.41, 5.74) is 5.81. The molecule has 0 spiro atoms. The van der Waals surface area contributed by atoms with Crippen LogP contribution in [0.2, 0.25) is 0 Å². The van der Waals surface area contributed by atoms with Gasteiger partial charge in [0, 0.05) is 11.4 Å². The van der Waals surface area contributed by atoms with E-state index in [0.717, 1.165) is 0 Å². The number of ether oxygens (including phenoxy) is 3. The van der Waals surface area contributed by atoms with E-state index in [1.165, 1.54) is 0 Å². The number of carbonyl (C=O) groups is 2. The van der Waals surface area contributed by atoms with E-state index in [-0.39, 0.29) is 18.8 Å². The molecule has 1 atom stereocenters. The fraction of sp³-hybridized carbons (Fsp3) is 0.364. The Morgan fingerprint density at radius 3 is 2.55 bits per heavy atom. The van der Waals surface area contributed by atoms with Crippen molar-refractivity contribution in [3.8, 4) is 11.5 Å². The van der Waals surface area contributed by atoms with Crippen LogP contribution < -0.4 is 20.5 Å². The second-order valence-electron chi connectivity index (χ2n) is 8.35. The number of Topliss-reactive ketones (excluding diaryl/α,β-unsaturated/α-hetero) is 1. The molecule has 154 valence electrons. The van der Waals surface area contributed by atoms with E-state index in [9.17, 15) is 9.59 Å². The summed E-state index contributed by atoms with van der Waals surface area (Å²) < 4.78 is 17.1. The number of carbonyl (C=O) groups excluding carboxylic acids is 2. The van der Waals surface area contributed by atoms with Crippen molar-refractivity contribution in [3.63, 3.8) is 0 Å². The van der Waals surface area contributed by atoms with E-state index >= 15 is 0 Å². The van der Waals surface area contributed by atoms with Gasteiger partial charge in [-0.25, -0.2) is 4.79 Å². The van der Waals surface area contributed by atoms with Crippen LogP contribution in [0.3, 0.4) is 0 Å². The molecule has 0 fully saturated rings. The number of nitrogens with one attached hydrogen (secondary N) is 1. The molecule has 2 aromatic rings. The molecule has 3 N–H and O–H groups in total. The molecule has 3 rings (SSSR count). The first-order valence-electron chi connectivity index (χ1n) is 9.38. The molecule has 0 aromatic heterocycles. The summed E-state index contributed by atoms with van der Waals surface area (Å²) in [5, 5.41) is 2.64. The zero-order valence-corrected chi connectivity index (χ0v) is 17.1. The highest BCUT2D eigenvalue weighted by Gasteiger charge is 2.37. The van der Waals surface area contributed by atoms with E-state index in [1.54, 1.807) is 63.2 Å². The zero-order valence-electron chi connectivity index (χ0n) is 17.1. The first-order chi connectivity index (χ1) is 13.5. The van der Waals surface area contributed by atoms with Gasteiger partial charge >= 0.3 is 6.09 Å². The monoisotopic (exact) mass is 398 g/mol. The van der Waals surface area contributed by atoms with Crippen LogP contribution in [0.25, 0.3) is 0 Å². The number of hydrogen-bond acceptors (Lipinski definition) is 6. The Kier molecular flexibility index (Phi) is 5.42. The van der Waals surface area contributed by atoms with Crippen molar-refractivity contribution < 1.29 is 23.8 Å². The lowest BCUT2D eigenvalue weighted by Crippen LogP contribution is -2.44. The number of nitrogens with two attached hydrogens (primary N) is 1. The van der Waals surface area contributed by atoms with Crippen molar-refractivity contribution in [1.82, 2.24) is 0 Å². The van der Waals surface area contributed by atoms with Gasteiger partial charge in [-0.2, -0.15) is 0 Å². The largest absolute Gasteiger partial charge is 0.489 e. The van der Waals surface area contributed by atoms with Gasteiger partial charge in [-0.1, -0.05) is 0 Å². The number of benzene rings is 2. The predicted octanol–water partition coefficient (Wildman–Crippen LogP) is 4.42. The Balaban J connectivity index is 1.69. The summed E-state index contributed by atoms with van der Waals surface area (Å²) in [5.74, 6) is 1.03. The first-order valence-corrected chi connectivity index (χ1v) is 9.38. The van der Waals surface area contributed by atoms with E-state index in [1.807, 2.05) is 6.92 Å². The number of nitrogen functional groups attached to an aromatic ring is 1. The molecule has 1 heterocycles. The zero-order chi connectivity index (χ0) is 21.2. The number of hydrogen-bond donors (Lipinski definition) is 2. The molecule has 1 unspecified atom stereocenters. The van der Waals surface area contributed by atoms with Crippen LogP contribution in [0, 0.1) is 0 Å². The smallest absolute Gasteiger partial charge is 0.412 e. The maximum absolute atomic E-state index is 12.7. The Hall–Kier alpha value is -3.22. The van der Waals surface area contributed by atoms with Gasteiger partial charge in [0.2, 0.25) is 0 Å². The molecule has 1 amide bonds. The van der Waals surface area contributed by atoms with Crippen LogP contribution in [-0.2, 0) is 4.74 Å². The molecule has 1 aliphatic heterocycles. The lowest BCUT2D eigenvalue weighted by Gasteiger charge is -2.34. The Bertz CT molecular complexity index is 918. The fourth-order valence-corrected chi connectivity index (χ4v) is 2.95. The van der Waals surface area contributed by atoms with Crippen molar-refractivity contribution >= 4 is 23.3 Å². The van der Waals surface area contributed by atoms with Gasteiger partial charge in [-0.05, 0) is 70.2 Å². The Morgan fingerprint density at radius 1 is 1.21 bits per heavy atom. The third-order valence-electron chi connectivity index (χ3n) is 4.24. The predicted molar refractivity (Wildman–Crippen MR) is 111 cm³/mol. The van der Waals surface area contributed by atoms with Crippen LogP contribution in [0.5, 0.6) is 11.5 Å². The lowest BCUT2D eigenvalue weighted by molar-refractivity contribution is 0.0190. The van der Waals surface area contributed by atoms with E-state index < -0.39 is 17.3 Å². The first kappa shape index (κ1) is 20.5. The second kappa shape index (κ2) is 7.66. The standard InChI is InChI=1S/C22H26N2O5/c1-21(2,3)29-20(26)24-15-7-10-19-17(11-15)18(25)12-22(4,28-19)13-27-16-8-5-14(23)6-9-16/h5-11H,12-13,23H2,1-4H3,(H,24,26). The van der Waals surface area contributed by atoms with Crippen molar-refractivity contribution in [3.05, 3.63) is 48.0 Å². The SMILES string of the molecule is CC(C)(C)OC(=O)Nc1ccc2c(c1)C(=O)CC(C)(COc1ccc(N)cc1)O2. The number of anilines is 2. The molecule has 7 nitrogen and oxygen atoms in total. The fourth-order valence-electron chi connectivity index (χ4n) is 2.95. The molecule has 0 bridgehead atoms. The Morgan fingerprint density at radius 2 is 1.90 bits per heavy atom. The highest BCUT2D eigenvalue weighted by atomic mass is 16.6. The average molecular weight is 398 g/mol. The summed E-state index contributed by atoms with van der Waals surface area (Å²) in [6.07, 6.45) is -0.423. The van der Waals surface area contributed by atoms with E-state index in [0.29, 0.717) is 28.4 Å². The maximum Gasteiger partial charge on any atom is 0.412 e. The summed E-state index contributed by atoms with van der Waals surface area (Å²) in [6, 6.07) is 12.0. The van der Waals surface area contributed by atoms with Gasteiger partial charge in [-0.15, -0.1) is 0 Å². The molecule has 0 saturated carbocycles. The van der Waals surface area contributed by atoms with Crippen LogP contribution in [0.15, 0.2) is 42.5 Å². The minimum absolute atomic E-state index is 0.0810. The summed E-state index contributed by atoms with van der Waals surface area (Å²) >= 11 is 0. The maximum atomic E-state index is 12.7. The third-order valence-corrected chi connectivity index (χ3v) is 4.24. The van der Waals surface area contributed by atoms with Gasteiger partial charge < -0.3 is 19.9 Å². The van der Waals surface area contributed by atoms with E-state index in [4.69, 9.17) is 19.9 Å². The van der Waals surface area contributed by atoms with Gasteiger partial charge in [0.25, 0.3) is 0 Å². The molecule has 0 saturated heterocycles. The number of ketones is 1. The van der Waals surface area contributed by atoms with Crippen molar-refractivity contribution in [2.75, 3.05) is 17.7 Å². The van der Waals surface area contributed by atoms with Crippen molar-refractivity contribution in [2.24, 2.45) is 0 Å². The topological polar surface area (TPSA) is 99.9 Å². The lowest BCUT2D eigenvalue weighted by atomic mass is 9.92. The van der Waals surface area contributed by atoms with Gasteiger partial charge in [0.1, 0.15) is 29.3 Å². The molecule has 29 heavy (non-hydrogen) atoms. The average Bonchev–Trinajstić information content (AvgIpc) is 2.60. The van der Waals surface area contributed by atoms with Crippen LogP contribution >= 0.6 is 0 Å². The van der Waals surface area contributed by atoms with Gasteiger partial charge in [-0.3, -0.25) is 10.1 Å². The van der Waals surface area contributed by atoms with Crippen LogP contribution in [-0.4, -0.2) is 29.7 Å². The molecule has 1 aliphatic rings. The second-order valence-corrected chi connectivity index (χ2v) is 8.35. The van der Waals surface area contributed by atoms with Crippen LogP contribution in [0.1, 0.15) is 44.5 Å². The van der Waals surface area contributed by atoms with E-state index in [2.05, 4.69) is 5.32 Å². The highest BCUT2D eigenvalue weighted by molar-refractivity contribution is 6.02. The van der Waals surface area contributed by atoms with Gasteiger partial charge in [0.15, 0.2) is 5.78 Å². The molecule has 7 heteroatoms. The molecular weight excluding hydrogens is 372 g/mol.